The van der Waals surface area contributed by atoms with Crippen LogP contribution in [0.4, 0.5) is 17.1 Å². The van der Waals surface area contributed by atoms with Crippen LogP contribution in [0.15, 0.2) is 48.5 Å². The molecule has 2 aromatic carbocycles. The van der Waals surface area contributed by atoms with Gasteiger partial charge in [-0.15, -0.1) is 0 Å². The molecule has 0 unspecified atom stereocenters. The molecule has 2 aromatic rings. The largest absolute Gasteiger partial charge is 0.465 e. The lowest BCUT2D eigenvalue weighted by molar-refractivity contribution is -0.118. The van der Waals surface area contributed by atoms with E-state index in [0.717, 1.165) is 17.1 Å². The van der Waals surface area contributed by atoms with Gasteiger partial charge in [-0.1, -0.05) is 19.9 Å². The van der Waals surface area contributed by atoms with Crippen LogP contribution in [0.25, 0.3) is 0 Å². The number of methoxy groups -OCH3 is 1. The number of carbonyl (C=O) groups is 2. The van der Waals surface area contributed by atoms with Gasteiger partial charge in [0.2, 0.25) is 5.91 Å². The van der Waals surface area contributed by atoms with E-state index < -0.39 is 0 Å². The lowest BCUT2D eigenvalue weighted by Crippen LogP contribution is -2.17. The summed E-state index contributed by atoms with van der Waals surface area (Å²) in [6, 6.07) is 14.4. The molecule has 0 bridgehead atoms. The van der Waals surface area contributed by atoms with Crippen molar-refractivity contribution in [2.24, 2.45) is 5.92 Å². The summed E-state index contributed by atoms with van der Waals surface area (Å²) >= 11 is 0. The molecule has 23 heavy (non-hydrogen) atoms. The zero-order valence-corrected chi connectivity index (χ0v) is 13.4. The van der Waals surface area contributed by atoms with E-state index in [0.29, 0.717) is 5.56 Å². The Labute approximate surface area is 135 Å². The quantitative estimate of drug-likeness (QED) is 0.824. The van der Waals surface area contributed by atoms with Crippen molar-refractivity contribution in [1.82, 2.24) is 0 Å². The van der Waals surface area contributed by atoms with Gasteiger partial charge in [0.25, 0.3) is 0 Å². The highest BCUT2D eigenvalue weighted by Gasteiger charge is 2.07. The lowest BCUT2D eigenvalue weighted by atomic mass is 10.2. The van der Waals surface area contributed by atoms with Crippen molar-refractivity contribution in [1.29, 1.82) is 0 Å². The first kappa shape index (κ1) is 16.5. The number of hydrogen-bond acceptors (Lipinski definition) is 4. The van der Waals surface area contributed by atoms with Crippen LogP contribution < -0.4 is 10.6 Å². The number of ether oxygens (including phenoxy) is 1. The SMILES string of the molecule is COC(=O)c1cccc(Nc2ccc(NC(=O)C(C)C)cc2)c1. The van der Waals surface area contributed by atoms with Crippen LogP contribution in [0.3, 0.4) is 0 Å². The van der Waals surface area contributed by atoms with E-state index in [1.54, 1.807) is 18.2 Å². The van der Waals surface area contributed by atoms with Crippen LogP contribution in [0.5, 0.6) is 0 Å². The molecule has 0 atom stereocenters. The molecule has 120 valence electrons. The maximum Gasteiger partial charge on any atom is 0.337 e. The van der Waals surface area contributed by atoms with E-state index in [2.05, 4.69) is 10.6 Å². The normalized spacial score (nSPS) is 10.3. The second kappa shape index (κ2) is 7.45. The molecule has 0 radical (unpaired) electrons. The molecule has 2 N–H and O–H groups in total. The third-order valence-electron chi connectivity index (χ3n) is 3.25. The van der Waals surface area contributed by atoms with Crippen LogP contribution >= 0.6 is 0 Å². The predicted molar refractivity (Wildman–Crippen MR) is 91.0 cm³/mol. The predicted octanol–water partition coefficient (Wildman–Crippen LogP) is 3.81. The Morgan fingerprint density at radius 3 is 2.22 bits per heavy atom. The zero-order valence-electron chi connectivity index (χ0n) is 13.4. The van der Waals surface area contributed by atoms with E-state index in [1.165, 1.54) is 7.11 Å². The number of carbonyl (C=O) groups excluding carboxylic acids is 2. The Kier molecular flexibility index (Phi) is 5.36. The molecule has 0 heterocycles. The van der Waals surface area contributed by atoms with Gasteiger partial charge >= 0.3 is 5.97 Å². The summed E-state index contributed by atoms with van der Waals surface area (Å²) < 4.78 is 4.71. The average molecular weight is 312 g/mol. The van der Waals surface area contributed by atoms with Gasteiger partial charge in [-0.3, -0.25) is 4.79 Å². The second-order valence-electron chi connectivity index (χ2n) is 5.42. The van der Waals surface area contributed by atoms with E-state index in [-0.39, 0.29) is 17.8 Å². The van der Waals surface area contributed by atoms with Crippen LogP contribution in [0.2, 0.25) is 0 Å². The second-order valence-corrected chi connectivity index (χ2v) is 5.42. The summed E-state index contributed by atoms with van der Waals surface area (Å²) in [6.07, 6.45) is 0. The van der Waals surface area contributed by atoms with Crippen molar-refractivity contribution in [3.05, 3.63) is 54.1 Å². The van der Waals surface area contributed by atoms with Gasteiger partial charge < -0.3 is 15.4 Å². The van der Waals surface area contributed by atoms with Gasteiger partial charge in [-0.2, -0.15) is 0 Å². The summed E-state index contributed by atoms with van der Waals surface area (Å²) in [7, 11) is 1.35. The first-order valence-electron chi connectivity index (χ1n) is 7.36. The van der Waals surface area contributed by atoms with Crippen LogP contribution in [-0.4, -0.2) is 19.0 Å². The number of anilines is 3. The topological polar surface area (TPSA) is 67.4 Å². The molecule has 0 aromatic heterocycles. The molecule has 2 rings (SSSR count). The lowest BCUT2D eigenvalue weighted by Gasteiger charge is -2.10. The molecule has 0 saturated heterocycles. The fourth-order valence-electron chi connectivity index (χ4n) is 1.93. The first-order valence-corrected chi connectivity index (χ1v) is 7.36. The van der Waals surface area contributed by atoms with E-state index in [4.69, 9.17) is 4.74 Å². The monoisotopic (exact) mass is 312 g/mol. The first-order chi connectivity index (χ1) is 11.0. The third-order valence-corrected chi connectivity index (χ3v) is 3.25. The van der Waals surface area contributed by atoms with Crippen LogP contribution in [-0.2, 0) is 9.53 Å². The molecule has 0 saturated carbocycles. The number of benzene rings is 2. The van der Waals surface area contributed by atoms with E-state index in [9.17, 15) is 9.59 Å². The Balaban J connectivity index is 2.06. The maximum absolute atomic E-state index is 11.6. The molecule has 1 amide bonds. The number of hydrogen-bond donors (Lipinski definition) is 2. The van der Waals surface area contributed by atoms with Crippen molar-refractivity contribution in [2.45, 2.75) is 13.8 Å². The molecular formula is C18H20N2O3. The fourth-order valence-corrected chi connectivity index (χ4v) is 1.93. The standard InChI is InChI=1S/C18H20N2O3/c1-12(2)17(21)20-15-9-7-14(8-10-15)19-16-6-4-5-13(11-16)18(22)23-3/h4-12,19H,1-3H3,(H,20,21). The minimum atomic E-state index is -0.375. The fraction of sp³-hybridized carbons (Fsp3) is 0.222. The minimum Gasteiger partial charge on any atom is -0.465 e. The molecule has 0 spiro atoms. The van der Waals surface area contributed by atoms with Gasteiger partial charge in [0.1, 0.15) is 0 Å². The number of amides is 1. The van der Waals surface area contributed by atoms with Crippen molar-refractivity contribution in [3.63, 3.8) is 0 Å². The maximum atomic E-state index is 11.6. The zero-order chi connectivity index (χ0) is 16.8. The summed E-state index contributed by atoms with van der Waals surface area (Å²) in [5, 5.41) is 6.04. The minimum absolute atomic E-state index is 0.0171. The molecular weight excluding hydrogens is 292 g/mol. The summed E-state index contributed by atoms with van der Waals surface area (Å²) in [6.45, 7) is 3.69. The highest BCUT2D eigenvalue weighted by molar-refractivity contribution is 5.92. The molecule has 5 nitrogen and oxygen atoms in total. The molecule has 0 fully saturated rings. The van der Waals surface area contributed by atoms with Gasteiger partial charge in [-0.05, 0) is 42.5 Å². The molecule has 0 aliphatic carbocycles. The number of nitrogens with one attached hydrogen (secondary N) is 2. The van der Waals surface area contributed by atoms with Gasteiger partial charge in [0.05, 0.1) is 12.7 Å². The highest BCUT2D eigenvalue weighted by atomic mass is 16.5. The number of esters is 1. The van der Waals surface area contributed by atoms with Crippen molar-refractivity contribution in [3.8, 4) is 0 Å². The van der Waals surface area contributed by atoms with E-state index >= 15 is 0 Å². The molecule has 5 heteroatoms. The highest BCUT2D eigenvalue weighted by Crippen LogP contribution is 2.20. The summed E-state index contributed by atoms with van der Waals surface area (Å²) in [5.74, 6) is -0.453. The summed E-state index contributed by atoms with van der Waals surface area (Å²) in [5.41, 5.74) is 2.87. The van der Waals surface area contributed by atoms with Crippen molar-refractivity contribution < 1.29 is 14.3 Å². The Morgan fingerprint density at radius 2 is 1.61 bits per heavy atom. The number of rotatable bonds is 5. The average Bonchev–Trinajstić information content (AvgIpc) is 2.56. The van der Waals surface area contributed by atoms with Crippen LogP contribution in [0.1, 0.15) is 24.2 Å². The molecule has 0 aliphatic rings. The third kappa shape index (κ3) is 4.57. The molecule has 0 aliphatic heterocycles. The Morgan fingerprint density at radius 1 is 0.957 bits per heavy atom. The van der Waals surface area contributed by atoms with Gasteiger partial charge in [-0.25, -0.2) is 4.79 Å². The van der Waals surface area contributed by atoms with E-state index in [1.807, 2.05) is 44.2 Å². The van der Waals surface area contributed by atoms with Gasteiger partial charge in [0, 0.05) is 23.0 Å². The van der Waals surface area contributed by atoms with Crippen molar-refractivity contribution >= 4 is 28.9 Å². The Hall–Kier alpha value is -2.82. The van der Waals surface area contributed by atoms with Gasteiger partial charge in [0.15, 0.2) is 0 Å². The smallest absolute Gasteiger partial charge is 0.337 e. The van der Waals surface area contributed by atoms with Crippen molar-refractivity contribution in [2.75, 3.05) is 17.7 Å². The Bertz CT molecular complexity index is 694. The van der Waals surface area contributed by atoms with Crippen LogP contribution in [0, 0.1) is 5.92 Å². The summed E-state index contributed by atoms with van der Waals surface area (Å²) in [4.78, 5) is 23.2.